The number of oxazole rings is 1. The van der Waals surface area contributed by atoms with Crippen LogP contribution in [0.3, 0.4) is 0 Å². The van der Waals surface area contributed by atoms with Crippen LogP contribution in [-0.2, 0) is 0 Å². The highest BCUT2D eigenvalue weighted by molar-refractivity contribution is 6.22. The van der Waals surface area contributed by atoms with Gasteiger partial charge in [-0.3, -0.25) is 0 Å². The van der Waals surface area contributed by atoms with Crippen molar-refractivity contribution in [2.24, 2.45) is 0 Å². The molecule has 262 valence electrons. The number of nitrogens with zero attached hydrogens (tertiary/aromatic N) is 4. The summed E-state index contributed by atoms with van der Waals surface area (Å²) in [7, 11) is 0. The average molecular weight is 719 g/mol. The number of furan rings is 1. The lowest BCUT2D eigenvalue weighted by Crippen LogP contribution is -2.00. The highest BCUT2D eigenvalue weighted by Crippen LogP contribution is 2.46. The quantitative estimate of drug-likeness (QED) is 0.170. The Bertz CT molecular complexity index is 3170. The van der Waals surface area contributed by atoms with E-state index in [0.29, 0.717) is 28.9 Å². The predicted octanol–water partition coefficient (Wildman–Crippen LogP) is 13.1. The summed E-state index contributed by atoms with van der Waals surface area (Å²) in [5.41, 5.74) is 11.0. The molecule has 0 atom stereocenters. The van der Waals surface area contributed by atoms with Crippen molar-refractivity contribution in [1.29, 1.82) is 0 Å². The van der Waals surface area contributed by atoms with Crippen molar-refractivity contribution in [3.8, 4) is 67.9 Å². The molecule has 6 heteroatoms. The highest BCUT2D eigenvalue weighted by atomic mass is 16.4. The molecule has 0 bridgehead atoms. The first kappa shape index (κ1) is 31.8. The number of rotatable bonds is 6. The number of para-hydroxylation sites is 1. The Morgan fingerprint density at radius 3 is 1.43 bits per heavy atom. The van der Waals surface area contributed by atoms with Crippen LogP contribution in [-0.4, -0.2) is 19.9 Å². The Kier molecular flexibility index (Phi) is 7.38. The van der Waals surface area contributed by atoms with Gasteiger partial charge in [-0.05, 0) is 45.7 Å². The van der Waals surface area contributed by atoms with Crippen molar-refractivity contribution in [2.45, 2.75) is 0 Å². The van der Waals surface area contributed by atoms with Crippen LogP contribution < -0.4 is 0 Å². The predicted molar refractivity (Wildman–Crippen MR) is 225 cm³/mol. The largest absolute Gasteiger partial charge is 0.456 e. The number of fused-ring (bicyclic) bond motifs is 5. The van der Waals surface area contributed by atoms with E-state index in [1.165, 1.54) is 0 Å². The molecular formula is C50H30N4O2. The molecule has 0 N–H and O–H groups in total. The van der Waals surface area contributed by atoms with Crippen LogP contribution in [0.2, 0.25) is 0 Å². The lowest BCUT2D eigenvalue weighted by Gasteiger charge is -2.14. The maximum Gasteiger partial charge on any atom is 0.227 e. The van der Waals surface area contributed by atoms with Gasteiger partial charge >= 0.3 is 0 Å². The van der Waals surface area contributed by atoms with Crippen molar-refractivity contribution in [3.05, 3.63) is 182 Å². The van der Waals surface area contributed by atoms with Gasteiger partial charge in [0.1, 0.15) is 16.7 Å². The van der Waals surface area contributed by atoms with Gasteiger partial charge in [-0.25, -0.2) is 19.9 Å². The molecule has 6 nitrogen and oxygen atoms in total. The summed E-state index contributed by atoms with van der Waals surface area (Å²) >= 11 is 0. The molecule has 3 heterocycles. The summed E-state index contributed by atoms with van der Waals surface area (Å²) in [4.78, 5) is 19.9. The third kappa shape index (κ3) is 5.35. The maximum absolute atomic E-state index is 6.45. The molecule has 0 spiro atoms. The molecule has 0 fully saturated rings. The number of benzene rings is 8. The SMILES string of the molecule is c1ccc(-c2nc(-c3ccccc3)nc(-c3ccc(-c4ccc(-c5c6nc(-c7ccccc7)oc6cc6oc7ccccc7c56)c5ccccc45)cc3)n2)cc1. The van der Waals surface area contributed by atoms with Crippen molar-refractivity contribution in [3.63, 3.8) is 0 Å². The van der Waals surface area contributed by atoms with Crippen molar-refractivity contribution >= 4 is 43.8 Å². The number of hydrogen-bond acceptors (Lipinski definition) is 6. The van der Waals surface area contributed by atoms with E-state index in [4.69, 9.17) is 28.8 Å². The fourth-order valence-electron chi connectivity index (χ4n) is 7.74. The minimum atomic E-state index is 0.574. The summed E-state index contributed by atoms with van der Waals surface area (Å²) < 4.78 is 12.9. The molecule has 0 amide bonds. The van der Waals surface area contributed by atoms with E-state index in [1.807, 2.05) is 109 Å². The van der Waals surface area contributed by atoms with Gasteiger partial charge in [-0.2, -0.15) is 0 Å². The third-order valence-electron chi connectivity index (χ3n) is 10.4. The van der Waals surface area contributed by atoms with E-state index in [1.54, 1.807) is 0 Å². The monoisotopic (exact) mass is 718 g/mol. The van der Waals surface area contributed by atoms with E-state index in [9.17, 15) is 0 Å². The molecule has 0 unspecified atom stereocenters. The normalized spacial score (nSPS) is 11.6. The zero-order valence-corrected chi connectivity index (χ0v) is 29.9. The fraction of sp³-hybridized carbons (Fsp3) is 0. The molecule has 0 saturated heterocycles. The second kappa shape index (κ2) is 13.0. The standard InChI is InChI=1S/C50H30N4O2/c1-4-14-32(15-5-1)47-52-48(33-16-6-2-7-17-33)54-49(53-47)34-26-24-31(25-27-34)36-28-29-39(38-21-11-10-20-37(36)38)45-44-40-22-12-13-23-41(40)55-42(44)30-43-46(45)51-50(56-43)35-18-8-3-9-19-35/h1-30H. The van der Waals surface area contributed by atoms with Crippen molar-refractivity contribution in [2.75, 3.05) is 0 Å². The zero-order valence-electron chi connectivity index (χ0n) is 29.9. The van der Waals surface area contributed by atoms with Crippen LogP contribution in [0.25, 0.3) is 112 Å². The lowest BCUT2D eigenvalue weighted by molar-refractivity contribution is 0.617. The van der Waals surface area contributed by atoms with Gasteiger partial charge in [0.05, 0.1) is 0 Å². The molecule has 0 aliphatic carbocycles. The molecule has 8 aromatic carbocycles. The van der Waals surface area contributed by atoms with Crippen molar-refractivity contribution in [1.82, 2.24) is 19.9 Å². The molecule has 11 rings (SSSR count). The third-order valence-corrected chi connectivity index (χ3v) is 10.4. The van der Waals surface area contributed by atoms with Gasteiger partial charge in [0.25, 0.3) is 0 Å². The molecule has 0 aliphatic rings. The van der Waals surface area contributed by atoms with Crippen LogP contribution in [0.4, 0.5) is 0 Å². The Morgan fingerprint density at radius 2 is 0.804 bits per heavy atom. The van der Waals surface area contributed by atoms with Gasteiger partial charge in [-0.15, -0.1) is 0 Å². The first-order valence-electron chi connectivity index (χ1n) is 18.6. The molecule has 0 saturated carbocycles. The minimum absolute atomic E-state index is 0.574. The van der Waals surface area contributed by atoms with E-state index in [0.717, 1.165) is 82.7 Å². The smallest absolute Gasteiger partial charge is 0.227 e. The van der Waals surface area contributed by atoms with Gasteiger partial charge in [0.15, 0.2) is 23.1 Å². The molecule has 56 heavy (non-hydrogen) atoms. The molecule has 0 aliphatic heterocycles. The number of aromatic nitrogens is 4. The van der Waals surface area contributed by atoms with E-state index >= 15 is 0 Å². The fourth-order valence-corrected chi connectivity index (χ4v) is 7.74. The topological polar surface area (TPSA) is 77.8 Å². The first-order chi connectivity index (χ1) is 27.7. The minimum Gasteiger partial charge on any atom is -0.456 e. The maximum atomic E-state index is 6.45. The van der Waals surface area contributed by atoms with Crippen LogP contribution in [0.5, 0.6) is 0 Å². The number of hydrogen-bond donors (Lipinski definition) is 0. The Balaban J connectivity index is 1.06. The van der Waals surface area contributed by atoms with Gasteiger partial charge in [0.2, 0.25) is 5.89 Å². The van der Waals surface area contributed by atoms with E-state index in [2.05, 4.69) is 72.8 Å². The molecule has 0 radical (unpaired) electrons. The van der Waals surface area contributed by atoms with Crippen LogP contribution in [0.15, 0.2) is 191 Å². The average Bonchev–Trinajstić information content (AvgIpc) is 3.88. The Hall–Kier alpha value is -7.70. The van der Waals surface area contributed by atoms with Gasteiger partial charge in [-0.1, -0.05) is 158 Å². The van der Waals surface area contributed by atoms with E-state index < -0.39 is 0 Å². The van der Waals surface area contributed by atoms with Gasteiger partial charge in [0, 0.05) is 44.7 Å². The summed E-state index contributed by atoms with van der Waals surface area (Å²) in [5, 5.41) is 4.29. The second-order valence-electron chi connectivity index (χ2n) is 13.8. The molecule has 11 aromatic rings. The highest BCUT2D eigenvalue weighted by Gasteiger charge is 2.23. The zero-order chi connectivity index (χ0) is 37.0. The molecular weight excluding hydrogens is 689 g/mol. The van der Waals surface area contributed by atoms with Crippen LogP contribution in [0, 0.1) is 0 Å². The Labute approximate surface area is 321 Å². The first-order valence-corrected chi connectivity index (χ1v) is 18.6. The Morgan fingerprint density at radius 1 is 0.321 bits per heavy atom. The summed E-state index contributed by atoms with van der Waals surface area (Å²) in [6, 6.07) is 61.8. The summed E-state index contributed by atoms with van der Waals surface area (Å²) in [5.74, 6) is 2.47. The van der Waals surface area contributed by atoms with Crippen LogP contribution >= 0.6 is 0 Å². The summed E-state index contributed by atoms with van der Waals surface area (Å²) in [6.07, 6.45) is 0. The van der Waals surface area contributed by atoms with Crippen molar-refractivity contribution < 1.29 is 8.83 Å². The van der Waals surface area contributed by atoms with Gasteiger partial charge < -0.3 is 8.83 Å². The lowest BCUT2D eigenvalue weighted by atomic mass is 9.89. The summed E-state index contributed by atoms with van der Waals surface area (Å²) in [6.45, 7) is 0. The van der Waals surface area contributed by atoms with Crippen LogP contribution in [0.1, 0.15) is 0 Å². The second-order valence-corrected chi connectivity index (χ2v) is 13.8. The van der Waals surface area contributed by atoms with E-state index in [-0.39, 0.29) is 0 Å². The molecule has 3 aromatic heterocycles.